The molecule has 0 spiro atoms. The van der Waals surface area contributed by atoms with Crippen molar-refractivity contribution in [3.05, 3.63) is 57.6 Å². The summed E-state index contributed by atoms with van der Waals surface area (Å²) in [5.74, 6) is 0.480. The summed E-state index contributed by atoms with van der Waals surface area (Å²) >= 11 is 0. The zero-order chi connectivity index (χ0) is 19.3. The second-order valence-corrected chi connectivity index (χ2v) is 5.61. The van der Waals surface area contributed by atoms with E-state index in [4.69, 9.17) is 14.2 Å². The van der Waals surface area contributed by atoms with Crippen LogP contribution in [0.2, 0.25) is 0 Å². The third-order valence-electron chi connectivity index (χ3n) is 3.74. The Morgan fingerprint density at radius 3 is 2.42 bits per heavy atom. The first-order chi connectivity index (χ1) is 12.4. The van der Waals surface area contributed by atoms with E-state index in [0.717, 1.165) is 0 Å². The van der Waals surface area contributed by atoms with Crippen molar-refractivity contribution >= 4 is 17.3 Å². The average Bonchev–Trinajstić information content (AvgIpc) is 2.64. The lowest BCUT2D eigenvalue weighted by Crippen LogP contribution is -2.16. The van der Waals surface area contributed by atoms with Gasteiger partial charge in [-0.05, 0) is 24.3 Å². The molecule has 0 saturated heterocycles. The Morgan fingerprint density at radius 2 is 1.85 bits per heavy atom. The molecule has 2 aromatic carbocycles. The summed E-state index contributed by atoms with van der Waals surface area (Å²) in [4.78, 5) is 24.7. The van der Waals surface area contributed by atoms with E-state index in [-0.39, 0.29) is 17.9 Å². The van der Waals surface area contributed by atoms with Crippen molar-refractivity contribution in [2.24, 2.45) is 0 Å². The van der Waals surface area contributed by atoms with E-state index in [1.807, 2.05) is 0 Å². The number of hydrogen-bond donors (Lipinski definition) is 0. The van der Waals surface area contributed by atoms with Gasteiger partial charge >= 0.3 is 5.97 Å². The summed E-state index contributed by atoms with van der Waals surface area (Å²) in [5, 5.41) is 11.0. The van der Waals surface area contributed by atoms with E-state index in [2.05, 4.69) is 0 Å². The largest absolute Gasteiger partial charge is 0.497 e. The summed E-state index contributed by atoms with van der Waals surface area (Å²) in [5.41, 5.74) is 1.09. The molecule has 0 aromatic heterocycles. The molecule has 0 amide bonds. The SMILES string of the molecule is COc1ccc(OC)c(COC(=O)c2cc([N+](=O)[O-])ccc2N(C)C)c1. The highest BCUT2D eigenvalue weighted by atomic mass is 16.6. The highest BCUT2D eigenvalue weighted by Crippen LogP contribution is 2.27. The fraction of sp³-hybridized carbons (Fsp3) is 0.278. The molecule has 0 unspecified atom stereocenters. The first kappa shape index (κ1) is 19.0. The van der Waals surface area contributed by atoms with Gasteiger partial charge in [-0.15, -0.1) is 0 Å². The van der Waals surface area contributed by atoms with Crippen LogP contribution in [0.3, 0.4) is 0 Å². The van der Waals surface area contributed by atoms with Crippen molar-refractivity contribution in [1.82, 2.24) is 0 Å². The number of benzene rings is 2. The molecule has 0 atom stereocenters. The average molecular weight is 360 g/mol. The summed E-state index contributed by atoms with van der Waals surface area (Å²) in [6, 6.07) is 9.21. The van der Waals surface area contributed by atoms with Gasteiger partial charge in [0.05, 0.1) is 30.4 Å². The molecule has 138 valence electrons. The van der Waals surface area contributed by atoms with Crippen LogP contribution in [0.1, 0.15) is 15.9 Å². The first-order valence-electron chi connectivity index (χ1n) is 7.71. The number of anilines is 1. The van der Waals surface area contributed by atoms with E-state index in [0.29, 0.717) is 22.7 Å². The minimum absolute atomic E-state index is 0.0607. The van der Waals surface area contributed by atoms with Crippen LogP contribution in [-0.2, 0) is 11.3 Å². The molecule has 0 aliphatic rings. The maximum Gasteiger partial charge on any atom is 0.340 e. The van der Waals surface area contributed by atoms with E-state index in [1.165, 1.54) is 32.4 Å². The van der Waals surface area contributed by atoms with Crippen LogP contribution in [0.4, 0.5) is 11.4 Å². The smallest absolute Gasteiger partial charge is 0.340 e. The number of ether oxygens (including phenoxy) is 3. The number of methoxy groups -OCH3 is 2. The number of non-ortho nitro benzene ring substituents is 1. The fourth-order valence-corrected chi connectivity index (χ4v) is 2.41. The molecule has 2 aromatic rings. The number of nitro benzene ring substituents is 1. The Kier molecular flexibility index (Phi) is 6.00. The van der Waals surface area contributed by atoms with Gasteiger partial charge in [0.15, 0.2) is 0 Å². The zero-order valence-electron chi connectivity index (χ0n) is 15.0. The standard InChI is InChI=1S/C18H20N2O6/c1-19(2)16-7-5-13(20(22)23)10-15(16)18(21)26-11-12-9-14(24-3)6-8-17(12)25-4/h5-10H,11H2,1-4H3. The molecule has 0 radical (unpaired) electrons. The minimum atomic E-state index is -0.665. The Hall–Kier alpha value is -3.29. The van der Waals surface area contributed by atoms with Crippen LogP contribution in [0.25, 0.3) is 0 Å². The first-order valence-corrected chi connectivity index (χ1v) is 7.71. The predicted molar refractivity (Wildman–Crippen MR) is 96.1 cm³/mol. The van der Waals surface area contributed by atoms with Gasteiger partial charge in [-0.3, -0.25) is 10.1 Å². The van der Waals surface area contributed by atoms with Crippen molar-refractivity contribution in [3.63, 3.8) is 0 Å². The third kappa shape index (κ3) is 4.21. The summed E-state index contributed by atoms with van der Waals surface area (Å²) in [6.07, 6.45) is 0. The van der Waals surface area contributed by atoms with Crippen LogP contribution in [0.5, 0.6) is 11.5 Å². The number of nitrogens with zero attached hydrogens (tertiary/aromatic N) is 2. The van der Waals surface area contributed by atoms with Gasteiger partial charge in [0.1, 0.15) is 18.1 Å². The maximum atomic E-state index is 12.5. The summed E-state index contributed by atoms with van der Waals surface area (Å²) in [7, 11) is 6.52. The number of carbonyl (C=O) groups is 1. The van der Waals surface area contributed by atoms with Crippen molar-refractivity contribution in [1.29, 1.82) is 0 Å². The van der Waals surface area contributed by atoms with Crippen molar-refractivity contribution in [3.8, 4) is 11.5 Å². The molecule has 0 aliphatic heterocycles. The van der Waals surface area contributed by atoms with Crippen molar-refractivity contribution in [2.45, 2.75) is 6.61 Å². The normalized spacial score (nSPS) is 10.2. The molecule has 2 rings (SSSR count). The van der Waals surface area contributed by atoms with Gasteiger partial charge in [0.25, 0.3) is 5.69 Å². The fourth-order valence-electron chi connectivity index (χ4n) is 2.41. The van der Waals surface area contributed by atoms with Gasteiger partial charge in [-0.2, -0.15) is 0 Å². The monoisotopic (exact) mass is 360 g/mol. The quantitative estimate of drug-likeness (QED) is 0.426. The van der Waals surface area contributed by atoms with Gasteiger partial charge in [-0.1, -0.05) is 0 Å². The topological polar surface area (TPSA) is 91.1 Å². The van der Waals surface area contributed by atoms with E-state index in [1.54, 1.807) is 37.2 Å². The second-order valence-electron chi connectivity index (χ2n) is 5.61. The number of nitro groups is 1. The van der Waals surface area contributed by atoms with Crippen LogP contribution in [0, 0.1) is 10.1 Å². The molecule has 0 N–H and O–H groups in total. The molecule has 0 fully saturated rings. The molecule has 8 heteroatoms. The molecule has 0 aliphatic carbocycles. The third-order valence-corrected chi connectivity index (χ3v) is 3.74. The van der Waals surface area contributed by atoms with E-state index < -0.39 is 10.9 Å². The second kappa shape index (κ2) is 8.19. The van der Waals surface area contributed by atoms with Crippen LogP contribution < -0.4 is 14.4 Å². The summed E-state index contributed by atoms with van der Waals surface area (Å²) < 4.78 is 15.8. The Bertz CT molecular complexity index is 819. The maximum absolute atomic E-state index is 12.5. The number of hydrogen-bond acceptors (Lipinski definition) is 7. The molecule has 0 heterocycles. The number of carbonyl (C=O) groups excluding carboxylic acids is 1. The number of rotatable bonds is 7. The Labute approximate surface area is 151 Å². The van der Waals surface area contributed by atoms with Gasteiger partial charge in [-0.25, -0.2) is 4.79 Å². The lowest BCUT2D eigenvalue weighted by Gasteiger charge is -2.17. The lowest BCUT2D eigenvalue weighted by molar-refractivity contribution is -0.384. The molecule has 26 heavy (non-hydrogen) atoms. The van der Waals surface area contributed by atoms with E-state index in [9.17, 15) is 14.9 Å². The minimum Gasteiger partial charge on any atom is -0.497 e. The molecule has 0 bridgehead atoms. The lowest BCUT2D eigenvalue weighted by atomic mass is 10.1. The highest BCUT2D eigenvalue weighted by Gasteiger charge is 2.20. The van der Waals surface area contributed by atoms with Crippen molar-refractivity contribution < 1.29 is 23.9 Å². The van der Waals surface area contributed by atoms with Crippen LogP contribution in [0.15, 0.2) is 36.4 Å². The number of esters is 1. The van der Waals surface area contributed by atoms with Crippen LogP contribution in [-0.4, -0.2) is 39.2 Å². The molecular formula is C18H20N2O6. The van der Waals surface area contributed by atoms with Crippen molar-refractivity contribution in [2.75, 3.05) is 33.2 Å². The van der Waals surface area contributed by atoms with Crippen LogP contribution >= 0.6 is 0 Å². The Morgan fingerprint density at radius 1 is 1.12 bits per heavy atom. The van der Waals surface area contributed by atoms with Gasteiger partial charge < -0.3 is 19.1 Å². The zero-order valence-corrected chi connectivity index (χ0v) is 15.0. The van der Waals surface area contributed by atoms with Gasteiger partial charge in [0.2, 0.25) is 0 Å². The summed E-state index contributed by atoms with van der Waals surface area (Å²) in [6.45, 7) is -0.0607. The molecule has 8 nitrogen and oxygen atoms in total. The predicted octanol–water partition coefficient (Wildman–Crippen LogP) is 3.04. The Balaban J connectivity index is 2.27. The van der Waals surface area contributed by atoms with Gasteiger partial charge in [0, 0.05) is 31.8 Å². The van der Waals surface area contributed by atoms with E-state index >= 15 is 0 Å². The molecule has 0 saturated carbocycles. The highest BCUT2D eigenvalue weighted by molar-refractivity contribution is 5.96. The molecular weight excluding hydrogens is 340 g/mol.